The lowest BCUT2D eigenvalue weighted by molar-refractivity contribution is -0.118. The first-order valence-corrected chi connectivity index (χ1v) is 5.56. The van der Waals surface area contributed by atoms with Crippen LogP contribution >= 0.6 is 23.2 Å². The molecule has 0 saturated heterocycles. The first-order valence-electron chi connectivity index (χ1n) is 4.65. The number of rotatable bonds is 5. The minimum atomic E-state index is -0.390. The fourth-order valence-corrected chi connectivity index (χ4v) is 1.57. The van der Waals surface area contributed by atoms with Gasteiger partial charge in [0.25, 0.3) is 0 Å². The summed E-state index contributed by atoms with van der Waals surface area (Å²) in [6.45, 7) is 0. The lowest BCUT2D eigenvalue weighted by Crippen LogP contribution is -2.04. The van der Waals surface area contributed by atoms with Gasteiger partial charge in [0.1, 0.15) is 11.6 Å². The first kappa shape index (κ1) is 12.5. The summed E-state index contributed by atoms with van der Waals surface area (Å²) in [5, 5.41) is 0.441. The van der Waals surface area contributed by atoms with Gasteiger partial charge in [-0.3, -0.25) is 4.79 Å². The number of carbonyl (C=O) groups excluding carboxylic acids is 1. The van der Waals surface area contributed by atoms with E-state index in [1.54, 1.807) is 0 Å². The molecule has 1 nitrogen and oxygen atoms in total. The Morgan fingerprint density at radius 1 is 1.40 bits per heavy atom. The third-order valence-corrected chi connectivity index (χ3v) is 2.49. The molecule has 4 heteroatoms. The summed E-state index contributed by atoms with van der Waals surface area (Å²) in [4.78, 5) is 11.4. The number of halogens is 3. The van der Waals surface area contributed by atoms with Gasteiger partial charge in [-0.1, -0.05) is 11.6 Å². The number of hydrogen-bond donors (Lipinski definition) is 0. The summed E-state index contributed by atoms with van der Waals surface area (Å²) in [5.74, 6) is 0.0412. The minimum absolute atomic E-state index is 0.0168. The number of hydrogen-bond acceptors (Lipinski definition) is 1. The van der Waals surface area contributed by atoms with Crippen LogP contribution in [0.15, 0.2) is 18.2 Å². The predicted octanol–water partition coefficient (Wildman–Crippen LogP) is 3.61. The Labute approximate surface area is 98.2 Å². The number of alkyl halides is 1. The highest BCUT2D eigenvalue weighted by atomic mass is 35.5. The van der Waals surface area contributed by atoms with Crippen molar-refractivity contribution in [3.63, 3.8) is 0 Å². The van der Waals surface area contributed by atoms with Gasteiger partial charge in [-0.25, -0.2) is 4.39 Å². The Balaban J connectivity index is 2.63. The van der Waals surface area contributed by atoms with Crippen molar-refractivity contribution in [2.45, 2.75) is 19.3 Å². The van der Waals surface area contributed by atoms with E-state index in [1.807, 2.05) is 0 Å². The zero-order valence-electron chi connectivity index (χ0n) is 8.10. The van der Waals surface area contributed by atoms with E-state index < -0.39 is 5.82 Å². The van der Waals surface area contributed by atoms with Crippen LogP contribution in [0.5, 0.6) is 0 Å². The number of Topliss-reactive ketones (excluding diaryl/α,β-unsaturated/α-hetero) is 1. The summed E-state index contributed by atoms with van der Waals surface area (Å²) in [7, 11) is 0. The Hall–Kier alpha value is -0.600. The molecule has 0 atom stereocenters. The quantitative estimate of drug-likeness (QED) is 0.728. The summed E-state index contributed by atoms with van der Waals surface area (Å²) in [6.07, 6.45) is 1.10. The smallest absolute Gasteiger partial charge is 0.137 e. The maximum atomic E-state index is 13.2. The molecule has 0 spiro atoms. The maximum absolute atomic E-state index is 13.2. The lowest BCUT2D eigenvalue weighted by Gasteiger charge is -2.02. The number of ketones is 1. The van der Waals surface area contributed by atoms with Crippen molar-refractivity contribution in [1.82, 2.24) is 0 Å². The van der Waals surface area contributed by atoms with Gasteiger partial charge in [-0.05, 0) is 30.2 Å². The molecule has 82 valence electrons. The zero-order chi connectivity index (χ0) is 11.3. The Morgan fingerprint density at radius 3 is 2.80 bits per heavy atom. The Kier molecular flexibility index (Phi) is 5.06. The standard InChI is InChI=1S/C11H11Cl2FO/c12-5-1-2-10(15)7-8-6-9(13)3-4-11(8)14/h3-4,6H,1-2,5,7H2. The highest BCUT2D eigenvalue weighted by Gasteiger charge is 2.08. The minimum Gasteiger partial charge on any atom is -0.299 e. The SMILES string of the molecule is O=C(CCCCl)Cc1cc(Cl)ccc1F. The summed E-state index contributed by atoms with van der Waals surface area (Å²) < 4.78 is 13.2. The Morgan fingerprint density at radius 2 is 2.13 bits per heavy atom. The van der Waals surface area contributed by atoms with E-state index in [1.165, 1.54) is 18.2 Å². The van der Waals surface area contributed by atoms with Gasteiger partial charge in [0.15, 0.2) is 0 Å². The largest absolute Gasteiger partial charge is 0.299 e. The van der Waals surface area contributed by atoms with Crippen LogP contribution in [0.3, 0.4) is 0 Å². The van der Waals surface area contributed by atoms with Crippen molar-refractivity contribution < 1.29 is 9.18 Å². The van der Waals surface area contributed by atoms with Gasteiger partial charge >= 0.3 is 0 Å². The van der Waals surface area contributed by atoms with Crippen molar-refractivity contribution in [2.24, 2.45) is 0 Å². The molecular formula is C11H11Cl2FO. The normalized spacial score (nSPS) is 10.3. The van der Waals surface area contributed by atoms with Crippen LogP contribution in [0, 0.1) is 5.82 Å². The second-order valence-electron chi connectivity index (χ2n) is 3.24. The number of benzene rings is 1. The molecule has 1 rings (SSSR count). The van der Waals surface area contributed by atoms with E-state index in [0.29, 0.717) is 29.3 Å². The van der Waals surface area contributed by atoms with Gasteiger partial charge in [0, 0.05) is 23.7 Å². The van der Waals surface area contributed by atoms with Crippen LogP contribution in [0.25, 0.3) is 0 Å². The monoisotopic (exact) mass is 248 g/mol. The van der Waals surface area contributed by atoms with E-state index in [2.05, 4.69) is 0 Å². The van der Waals surface area contributed by atoms with E-state index in [-0.39, 0.29) is 12.2 Å². The molecule has 0 fully saturated rings. The van der Waals surface area contributed by atoms with Gasteiger partial charge in [-0.2, -0.15) is 0 Å². The van der Waals surface area contributed by atoms with Crippen molar-refractivity contribution in [3.8, 4) is 0 Å². The molecule has 0 unspecified atom stereocenters. The van der Waals surface area contributed by atoms with Crippen molar-refractivity contribution in [1.29, 1.82) is 0 Å². The van der Waals surface area contributed by atoms with Gasteiger partial charge in [0.05, 0.1) is 0 Å². The summed E-state index contributed by atoms with van der Waals surface area (Å²) in [6, 6.07) is 4.21. The van der Waals surface area contributed by atoms with E-state index in [0.717, 1.165) is 0 Å². The molecule has 0 aliphatic rings. The van der Waals surface area contributed by atoms with Crippen LogP contribution in [0.1, 0.15) is 18.4 Å². The number of carbonyl (C=O) groups is 1. The molecule has 0 heterocycles. The third-order valence-electron chi connectivity index (χ3n) is 1.98. The summed E-state index contributed by atoms with van der Waals surface area (Å²) in [5.41, 5.74) is 0.349. The predicted molar refractivity (Wildman–Crippen MR) is 60.1 cm³/mol. The average molecular weight is 249 g/mol. The molecule has 0 radical (unpaired) electrons. The van der Waals surface area contributed by atoms with E-state index in [4.69, 9.17) is 23.2 Å². The molecular weight excluding hydrogens is 238 g/mol. The molecule has 15 heavy (non-hydrogen) atoms. The molecule has 0 aliphatic carbocycles. The molecule has 1 aromatic rings. The fraction of sp³-hybridized carbons (Fsp3) is 0.364. The molecule has 0 aliphatic heterocycles. The molecule has 0 N–H and O–H groups in total. The lowest BCUT2D eigenvalue weighted by atomic mass is 10.1. The molecule has 0 saturated carbocycles. The van der Waals surface area contributed by atoms with E-state index in [9.17, 15) is 9.18 Å². The van der Waals surface area contributed by atoms with Crippen molar-refractivity contribution in [3.05, 3.63) is 34.6 Å². The second-order valence-corrected chi connectivity index (χ2v) is 4.06. The zero-order valence-corrected chi connectivity index (χ0v) is 9.61. The summed E-state index contributed by atoms with van der Waals surface area (Å²) >= 11 is 11.2. The van der Waals surface area contributed by atoms with Crippen LogP contribution in [0.2, 0.25) is 5.02 Å². The maximum Gasteiger partial charge on any atom is 0.137 e. The molecule has 1 aromatic carbocycles. The molecule has 0 bridgehead atoms. The second kappa shape index (κ2) is 6.09. The van der Waals surface area contributed by atoms with Gasteiger partial charge < -0.3 is 0 Å². The fourth-order valence-electron chi connectivity index (χ4n) is 1.24. The van der Waals surface area contributed by atoms with Crippen LogP contribution < -0.4 is 0 Å². The Bertz CT molecular complexity index is 352. The first-order chi connectivity index (χ1) is 7.13. The van der Waals surface area contributed by atoms with Gasteiger partial charge in [0.2, 0.25) is 0 Å². The topological polar surface area (TPSA) is 17.1 Å². The van der Waals surface area contributed by atoms with Gasteiger partial charge in [-0.15, -0.1) is 11.6 Å². The van der Waals surface area contributed by atoms with Crippen LogP contribution in [-0.4, -0.2) is 11.7 Å². The highest BCUT2D eigenvalue weighted by Crippen LogP contribution is 2.16. The third kappa shape index (κ3) is 4.18. The highest BCUT2D eigenvalue weighted by molar-refractivity contribution is 6.30. The van der Waals surface area contributed by atoms with Crippen LogP contribution in [0.4, 0.5) is 4.39 Å². The van der Waals surface area contributed by atoms with Crippen LogP contribution in [-0.2, 0) is 11.2 Å². The molecule has 0 aromatic heterocycles. The van der Waals surface area contributed by atoms with Crippen molar-refractivity contribution in [2.75, 3.05) is 5.88 Å². The van der Waals surface area contributed by atoms with Crippen molar-refractivity contribution >= 4 is 29.0 Å². The molecule has 0 amide bonds. The average Bonchev–Trinajstić information content (AvgIpc) is 2.20. The van der Waals surface area contributed by atoms with E-state index >= 15 is 0 Å².